The zero-order valence-electron chi connectivity index (χ0n) is 21.4. The van der Waals surface area contributed by atoms with Crippen LogP contribution in [-0.2, 0) is 22.3 Å². The summed E-state index contributed by atoms with van der Waals surface area (Å²) in [6, 6.07) is 11.3. The Bertz CT molecular complexity index is 1300. The summed E-state index contributed by atoms with van der Waals surface area (Å²) in [6.07, 6.45) is 6.73. The zero-order chi connectivity index (χ0) is 27.2. The van der Waals surface area contributed by atoms with E-state index in [1.807, 2.05) is 18.3 Å². The smallest absolute Gasteiger partial charge is 0.367 e. The zero-order valence-corrected chi connectivity index (χ0v) is 21.4. The number of amides is 1. The van der Waals surface area contributed by atoms with Gasteiger partial charge in [0, 0.05) is 49.3 Å². The molecule has 1 fully saturated rings. The second-order valence-corrected chi connectivity index (χ2v) is 9.89. The quantitative estimate of drug-likeness (QED) is 0.440. The molecule has 7 nitrogen and oxygen atoms in total. The van der Waals surface area contributed by atoms with Gasteiger partial charge in [0.05, 0.1) is 17.9 Å². The standard InChI is InChI=1S/C29H30F3N5O2/c30-29(31,32)23-4-1-3-20(15-23)18-39-19-27(38)37-14-11-25(17-37)36-24-8-5-21(6-9-24)26-10-7-22(16-35-26)28-33-12-2-13-34-28/h1-5,7,10,12-13,15-16,24-25,36H,6,8-9,11,14,17-19H2/t24?,25-/m0/s1. The summed E-state index contributed by atoms with van der Waals surface area (Å²) in [6.45, 7) is 1.04. The number of nitrogens with zero attached hydrogens (tertiary/aromatic N) is 4. The molecule has 2 aromatic heterocycles. The molecule has 1 aliphatic heterocycles. The van der Waals surface area contributed by atoms with Crippen LogP contribution in [0.1, 0.15) is 42.5 Å². The van der Waals surface area contributed by atoms with Gasteiger partial charge in [-0.1, -0.05) is 18.2 Å². The number of halogens is 3. The van der Waals surface area contributed by atoms with E-state index in [9.17, 15) is 18.0 Å². The fourth-order valence-corrected chi connectivity index (χ4v) is 5.02. The number of carbonyl (C=O) groups is 1. The van der Waals surface area contributed by atoms with Crippen LogP contribution in [0.3, 0.4) is 0 Å². The molecule has 204 valence electrons. The highest BCUT2D eigenvalue weighted by Crippen LogP contribution is 2.30. The molecule has 2 atom stereocenters. The number of hydrogen-bond donors (Lipinski definition) is 1. The van der Waals surface area contributed by atoms with E-state index < -0.39 is 11.7 Å². The van der Waals surface area contributed by atoms with E-state index in [1.54, 1.807) is 29.4 Å². The molecule has 0 saturated carbocycles. The molecule has 0 bridgehead atoms. The lowest BCUT2D eigenvalue weighted by Gasteiger charge is -2.26. The lowest BCUT2D eigenvalue weighted by Crippen LogP contribution is -2.42. The van der Waals surface area contributed by atoms with Crippen molar-refractivity contribution in [3.05, 3.63) is 84.0 Å². The topological polar surface area (TPSA) is 80.2 Å². The first-order chi connectivity index (χ1) is 18.8. The molecule has 5 rings (SSSR count). The molecular weight excluding hydrogens is 507 g/mol. The van der Waals surface area contributed by atoms with Crippen molar-refractivity contribution in [2.75, 3.05) is 19.7 Å². The number of carbonyl (C=O) groups excluding carboxylic acids is 1. The Morgan fingerprint density at radius 1 is 1.05 bits per heavy atom. The van der Waals surface area contributed by atoms with Gasteiger partial charge in [0.25, 0.3) is 0 Å². The lowest BCUT2D eigenvalue weighted by atomic mass is 9.92. The number of nitrogens with one attached hydrogen (secondary N) is 1. The van der Waals surface area contributed by atoms with Gasteiger partial charge in [-0.2, -0.15) is 13.2 Å². The van der Waals surface area contributed by atoms with Gasteiger partial charge in [0.2, 0.25) is 5.91 Å². The van der Waals surface area contributed by atoms with Gasteiger partial charge >= 0.3 is 6.18 Å². The first kappa shape index (κ1) is 27.0. The largest absolute Gasteiger partial charge is 0.416 e. The molecule has 1 N–H and O–H groups in total. The van der Waals surface area contributed by atoms with Crippen molar-refractivity contribution in [2.24, 2.45) is 0 Å². The Balaban J connectivity index is 1.05. The van der Waals surface area contributed by atoms with Crippen molar-refractivity contribution < 1.29 is 22.7 Å². The minimum absolute atomic E-state index is 0.0421. The Labute approximate surface area is 225 Å². The van der Waals surface area contributed by atoms with E-state index in [4.69, 9.17) is 4.74 Å². The van der Waals surface area contributed by atoms with Gasteiger partial charge in [-0.25, -0.2) is 9.97 Å². The van der Waals surface area contributed by atoms with Crippen molar-refractivity contribution >= 4 is 11.5 Å². The normalized spacial score (nSPS) is 19.7. The summed E-state index contributed by atoms with van der Waals surface area (Å²) < 4.78 is 44.1. The Kier molecular flexibility index (Phi) is 8.33. The molecule has 0 spiro atoms. The fourth-order valence-electron chi connectivity index (χ4n) is 5.02. The minimum Gasteiger partial charge on any atom is -0.367 e. The van der Waals surface area contributed by atoms with Crippen LogP contribution in [0.2, 0.25) is 0 Å². The van der Waals surface area contributed by atoms with E-state index in [1.165, 1.54) is 11.6 Å². The van der Waals surface area contributed by atoms with Gasteiger partial charge in [-0.15, -0.1) is 0 Å². The Hall–Kier alpha value is -3.63. The summed E-state index contributed by atoms with van der Waals surface area (Å²) >= 11 is 0. The average molecular weight is 538 g/mol. The number of ether oxygens (including phenoxy) is 1. The number of alkyl halides is 3. The number of pyridine rings is 1. The highest BCUT2D eigenvalue weighted by Gasteiger charge is 2.31. The number of rotatable bonds is 8. The molecule has 1 unspecified atom stereocenters. The summed E-state index contributed by atoms with van der Waals surface area (Å²) in [5.41, 5.74) is 2.75. The third-order valence-electron chi connectivity index (χ3n) is 7.09. The number of aromatic nitrogens is 3. The van der Waals surface area contributed by atoms with E-state index >= 15 is 0 Å². The molecule has 3 heterocycles. The van der Waals surface area contributed by atoms with Gasteiger partial charge in [0.1, 0.15) is 6.61 Å². The molecule has 0 radical (unpaired) electrons. The summed E-state index contributed by atoms with van der Waals surface area (Å²) in [4.78, 5) is 27.5. The predicted octanol–water partition coefficient (Wildman–Crippen LogP) is 4.90. The second kappa shape index (κ2) is 12.0. The van der Waals surface area contributed by atoms with Gasteiger partial charge in [0.15, 0.2) is 5.82 Å². The second-order valence-electron chi connectivity index (χ2n) is 9.89. The molecule has 3 aromatic rings. The van der Waals surface area contributed by atoms with Crippen LogP contribution in [0.15, 0.2) is 67.1 Å². The van der Waals surface area contributed by atoms with Crippen molar-refractivity contribution in [3.8, 4) is 11.4 Å². The van der Waals surface area contributed by atoms with E-state index in [2.05, 4.69) is 26.3 Å². The molecule has 1 aliphatic carbocycles. The maximum absolute atomic E-state index is 12.9. The molecule has 1 saturated heterocycles. The van der Waals surface area contributed by atoms with E-state index in [0.29, 0.717) is 30.5 Å². The maximum Gasteiger partial charge on any atom is 0.416 e. The van der Waals surface area contributed by atoms with Gasteiger partial charge < -0.3 is 15.0 Å². The number of allylic oxidation sites excluding steroid dienone is 1. The van der Waals surface area contributed by atoms with E-state index in [-0.39, 0.29) is 25.2 Å². The Morgan fingerprint density at radius 2 is 1.90 bits per heavy atom. The van der Waals surface area contributed by atoms with Crippen molar-refractivity contribution in [1.82, 2.24) is 25.2 Å². The minimum atomic E-state index is -4.40. The van der Waals surface area contributed by atoms with Crippen LogP contribution in [0, 0.1) is 0 Å². The first-order valence-corrected chi connectivity index (χ1v) is 13.1. The average Bonchev–Trinajstić information content (AvgIpc) is 3.42. The SMILES string of the molecule is O=C(COCc1cccc(C(F)(F)F)c1)N1CC[C@H](NC2CC=C(c3ccc(-c4ncccn4)cn3)CC2)C1. The molecule has 10 heteroatoms. The monoisotopic (exact) mass is 537 g/mol. The molecular formula is C29H30F3N5O2. The summed E-state index contributed by atoms with van der Waals surface area (Å²) in [5, 5.41) is 3.68. The van der Waals surface area contributed by atoms with Crippen LogP contribution in [-0.4, -0.2) is 57.5 Å². The summed E-state index contributed by atoms with van der Waals surface area (Å²) in [7, 11) is 0. The van der Waals surface area contributed by atoms with E-state index in [0.717, 1.165) is 49.1 Å². The highest BCUT2D eigenvalue weighted by atomic mass is 19.4. The predicted molar refractivity (Wildman–Crippen MR) is 140 cm³/mol. The van der Waals surface area contributed by atoms with Gasteiger partial charge in [-0.05, 0) is 67.2 Å². The summed E-state index contributed by atoms with van der Waals surface area (Å²) in [5.74, 6) is 0.511. The van der Waals surface area contributed by atoms with Crippen molar-refractivity contribution in [2.45, 2.75) is 50.6 Å². The van der Waals surface area contributed by atoms with Crippen LogP contribution >= 0.6 is 0 Å². The number of likely N-dealkylation sites (tertiary alicyclic amines) is 1. The molecule has 1 amide bonds. The molecule has 39 heavy (non-hydrogen) atoms. The number of hydrogen-bond acceptors (Lipinski definition) is 6. The molecule has 2 aliphatic rings. The van der Waals surface area contributed by atoms with Crippen LogP contribution in [0.25, 0.3) is 17.0 Å². The van der Waals surface area contributed by atoms with Gasteiger partial charge in [-0.3, -0.25) is 9.78 Å². The van der Waals surface area contributed by atoms with Crippen LogP contribution < -0.4 is 5.32 Å². The van der Waals surface area contributed by atoms with Crippen LogP contribution in [0.5, 0.6) is 0 Å². The number of benzene rings is 1. The fraction of sp³-hybridized carbons (Fsp3) is 0.379. The maximum atomic E-state index is 12.9. The first-order valence-electron chi connectivity index (χ1n) is 13.1. The molecule has 1 aromatic carbocycles. The third-order valence-corrected chi connectivity index (χ3v) is 7.09. The third kappa shape index (κ3) is 7.07. The van der Waals surface area contributed by atoms with Crippen molar-refractivity contribution in [3.63, 3.8) is 0 Å². The van der Waals surface area contributed by atoms with Crippen LogP contribution in [0.4, 0.5) is 13.2 Å². The Morgan fingerprint density at radius 3 is 2.62 bits per heavy atom. The van der Waals surface area contributed by atoms with Crippen molar-refractivity contribution in [1.29, 1.82) is 0 Å². The lowest BCUT2D eigenvalue weighted by molar-refractivity contribution is -0.138. The highest BCUT2D eigenvalue weighted by molar-refractivity contribution is 5.77.